The Bertz CT molecular complexity index is 1040. The van der Waals surface area contributed by atoms with Crippen molar-refractivity contribution in [3.8, 4) is 16.9 Å². The SMILES string of the molecule is CCc1nnsc1C(=O)N1CCC(c2cc(-c3cccc(OC)c3)cc(C)n2)CC1. The summed E-state index contributed by atoms with van der Waals surface area (Å²) in [4.78, 5) is 20.3. The van der Waals surface area contributed by atoms with Gasteiger partial charge in [-0.05, 0) is 73.1 Å². The van der Waals surface area contributed by atoms with E-state index in [4.69, 9.17) is 9.72 Å². The van der Waals surface area contributed by atoms with Gasteiger partial charge in [-0.15, -0.1) is 5.10 Å². The predicted octanol–water partition coefficient (Wildman–Crippen LogP) is 4.50. The number of hydrogen-bond donors (Lipinski definition) is 0. The molecule has 6 nitrogen and oxygen atoms in total. The van der Waals surface area contributed by atoms with Crippen LogP contribution in [0.2, 0.25) is 0 Å². The number of rotatable bonds is 5. The largest absolute Gasteiger partial charge is 0.497 e. The molecule has 0 N–H and O–H groups in total. The van der Waals surface area contributed by atoms with Gasteiger partial charge in [-0.3, -0.25) is 9.78 Å². The van der Waals surface area contributed by atoms with Gasteiger partial charge >= 0.3 is 0 Å². The molecule has 2 aromatic heterocycles. The summed E-state index contributed by atoms with van der Waals surface area (Å²) in [5.41, 5.74) is 5.19. The van der Waals surface area contributed by atoms with Crippen LogP contribution in [-0.4, -0.2) is 45.6 Å². The van der Waals surface area contributed by atoms with Gasteiger partial charge in [0, 0.05) is 30.4 Å². The lowest BCUT2D eigenvalue weighted by Gasteiger charge is -2.31. The van der Waals surface area contributed by atoms with Crippen molar-refractivity contribution in [3.63, 3.8) is 0 Å². The fourth-order valence-electron chi connectivity index (χ4n) is 4.00. The highest BCUT2D eigenvalue weighted by Gasteiger charge is 2.28. The molecule has 0 saturated carbocycles. The van der Waals surface area contributed by atoms with Crippen molar-refractivity contribution in [1.82, 2.24) is 19.5 Å². The number of methoxy groups -OCH3 is 1. The summed E-state index contributed by atoms with van der Waals surface area (Å²) in [6.45, 7) is 5.50. The van der Waals surface area contributed by atoms with Gasteiger partial charge in [-0.1, -0.05) is 23.5 Å². The minimum absolute atomic E-state index is 0.0644. The molecule has 3 heterocycles. The van der Waals surface area contributed by atoms with Crippen LogP contribution >= 0.6 is 11.5 Å². The van der Waals surface area contributed by atoms with Crippen LogP contribution in [0.4, 0.5) is 0 Å². The van der Waals surface area contributed by atoms with E-state index in [-0.39, 0.29) is 5.91 Å². The minimum Gasteiger partial charge on any atom is -0.497 e. The molecule has 1 saturated heterocycles. The molecule has 1 aromatic carbocycles. The number of pyridine rings is 1. The van der Waals surface area contributed by atoms with Gasteiger partial charge in [-0.25, -0.2) is 0 Å². The maximum Gasteiger partial charge on any atom is 0.267 e. The lowest BCUT2D eigenvalue weighted by molar-refractivity contribution is 0.0715. The average Bonchev–Trinajstić information content (AvgIpc) is 3.27. The second-order valence-corrected chi connectivity index (χ2v) is 8.38. The van der Waals surface area contributed by atoms with Crippen LogP contribution in [0.1, 0.15) is 52.4 Å². The molecular formula is C23H26N4O2S. The molecule has 1 aliphatic rings. The number of nitrogens with zero attached hydrogens (tertiary/aromatic N) is 4. The Morgan fingerprint density at radius 3 is 2.73 bits per heavy atom. The maximum absolute atomic E-state index is 12.9. The van der Waals surface area contributed by atoms with Crippen LogP contribution in [0.25, 0.3) is 11.1 Å². The number of likely N-dealkylation sites (tertiary alicyclic amines) is 1. The first kappa shape index (κ1) is 20.5. The van der Waals surface area contributed by atoms with Gasteiger partial charge in [0.25, 0.3) is 5.91 Å². The Kier molecular flexibility index (Phi) is 6.08. The summed E-state index contributed by atoms with van der Waals surface area (Å²) in [5, 5.41) is 4.08. The Morgan fingerprint density at radius 2 is 2.00 bits per heavy atom. The van der Waals surface area contributed by atoms with Gasteiger partial charge in [0.2, 0.25) is 0 Å². The molecule has 156 valence electrons. The van der Waals surface area contributed by atoms with Crippen LogP contribution in [0.5, 0.6) is 5.75 Å². The van der Waals surface area contributed by atoms with E-state index in [0.29, 0.717) is 10.8 Å². The summed E-state index contributed by atoms with van der Waals surface area (Å²) in [6.07, 6.45) is 2.55. The van der Waals surface area contributed by atoms with Crippen LogP contribution in [0, 0.1) is 6.92 Å². The smallest absolute Gasteiger partial charge is 0.267 e. The molecule has 4 rings (SSSR count). The average molecular weight is 423 g/mol. The highest BCUT2D eigenvalue weighted by atomic mass is 32.1. The normalized spacial score (nSPS) is 14.7. The number of carbonyl (C=O) groups excluding carboxylic acids is 1. The number of hydrogen-bond acceptors (Lipinski definition) is 6. The van der Waals surface area contributed by atoms with Crippen molar-refractivity contribution < 1.29 is 9.53 Å². The highest BCUT2D eigenvalue weighted by molar-refractivity contribution is 7.08. The molecule has 7 heteroatoms. The van der Waals surface area contributed by atoms with Crippen molar-refractivity contribution >= 4 is 17.4 Å². The molecule has 3 aromatic rings. The zero-order valence-electron chi connectivity index (χ0n) is 17.6. The Hall–Kier alpha value is -2.80. The van der Waals surface area contributed by atoms with Gasteiger partial charge in [0.15, 0.2) is 0 Å². The Labute approximate surface area is 181 Å². The van der Waals surface area contributed by atoms with Crippen LogP contribution in [-0.2, 0) is 6.42 Å². The van der Waals surface area contributed by atoms with E-state index in [1.165, 1.54) is 11.5 Å². The molecule has 0 spiro atoms. The van der Waals surface area contributed by atoms with E-state index in [2.05, 4.69) is 27.8 Å². The van der Waals surface area contributed by atoms with Gasteiger partial charge in [0.1, 0.15) is 10.6 Å². The number of amides is 1. The number of piperidine rings is 1. The maximum atomic E-state index is 12.9. The van der Waals surface area contributed by atoms with E-state index in [0.717, 1.165) is 66.3 Å². The summed E-state index contributed by atoms with van der Waals surface area (Å²) in [6, 6.07) is 12.4. The van der Waals surface area contributed by atoms with Crippen LogP contribution < -0.4 is 4.74 Å². The summed E-state index contributed by atoms with van der Waals surface area (Å²) in [5.74, 6) is 1.26. The number of aromatic nitrogens is 3. The first-order chi connectivity index (χ1) is 14.6. The predicted molar refractivity (Wildman–Crippen MR) is 118 cm³/mol. The third-order valence-corrected chi connectivity index (χ3v) is 6.42. The van der Waals surface area contributed by atoms with Crippen molar-refractivity contribution in [2.75, 3.05) is 20.2 Å². The van der Waals surface area contributed by atoms with Crippen molar-refractivity contribution in [2.24, 2.45) is 0 Å². The standard InChI is InChI=1S/C23H26N4O2S/c1-4-20-22(30-26-25-20)23(28)27-10-8-16(9-11-27)21-14-18(12-15(2)24-21)17-6-5-7-19(13-17)29-3/h5-7,12-14,16H,4,8-11H2,1-3H3. The zero-order chi connectivity index (χ0) is 21.1. The fraction of sp³-hybridized carbons (Fsp3) is 0.391. The number of benzene rings is 1. The lowest BCUT2D eigenvalue weighted by Crippen LogP contribution is -2.38. The molecule has 1 amide bonds. The van der Waals surface area contributed by atoms with Crippen molar-refractivity contribution in [1.29, 1.82) is 0 Å². The molecule has 0 bridgehead atoms. The third-order valence-electron chi connectivity index (χ3n) is 5.66. The van der Waals surface area contributed by atoms with E-state index in [1.807, 2.05) is 36.9 Å². The Morgan fingerprint density at radius 1 is 1.20 bits per heavy atom. The van der Waals surface area contributed by atoms with E-state index < -0.39 is 0 Å². The first-order valence-corrected chi connectivity index (χ1v) is 11.1. The summed E-state index contributed by atoms with van der Waals surface area (Å²) < 4.78 is 9.33. The highest BCUT2D eigenvalue weighted by Crippen LogP contribution is 2.32. The molecule has 0 unspecified atom stereocenters. The molecule has 0 atom stereocenters. The van der Waals surface area contributed by atoms with Crippen molar-refractivity contribution in [3.05, 3.63) is 58.4 Å². The Balaban J connectivity index is 1.49. The number of carbonyl (C=O) groups is 1. The van der Waals surface area contributed by atoms with E-state index in [1.54, 1.807) is 7.11 Å². The van der Waals surface area contributed by atoms with Crippen molar-refractivity contribution in [2.45, 2.75) is 39.0 Å². The molecule has 1 aliphatic heterocycles. The molecule has 1 fully saturated rings. The second-order valence-electron chi connectivity index (χ2n) is 7.62. The number of ether oxygens (including phenoxy) is 1. The van der Waals surface area contributed by atoms with Crippen LogP contribution in [0.15, 0.2) is 36.4 Å². The van der Waals surface area contributed by atoms with E-state index in [9.17, 15) is 4.79 Å². The monoisotopic (exact) mass is 422 g/mol. The fourth-order valence-corrected chi connectivity index (χ4v) is 4.72. The zero-order valence-corrected chi connectivity index (χ0v) is 18.4. The van der Waals surface area contributed by atoms with Crippen LogP contribution in [0.3, 0.4) is 0 Å². The summed E-state index contributed by atoms with van der Waals surface area (Å²) in [7, 11) is 1.68. The molecule has 0 radical (unpaired) electrons. The molecule has 0 aliphatic carbocycles. The minimum atomic E-state index is 0.0644. The number of aryl methyl sites for hydroxylation is 2. The van der Waals surface area contributed by atoms with Gasteiger partial charge < -0.3 is 9.64 Å². The van der Waals surface area contributed by atoms with Gasteiger partial charge in [0.05, 0.1) is 12.8 Å². The topological polar surface area (TPSA) is 68.2 Å². The second kappa shape index (κ2) is 8.92. The lowest BCUT2D eigenvalue weighted by atomic mass is 9.91. The third kappa shape index (κ3) is 4.21. The van der Waals surface area contributed by atoms with E-state index >= 15 is 0 Å². The van der Waals surface area contributed by atoms with Gasteiger partial charge in [-0.2, -0.15) is 0 Å². The quantitative estimate of drug-likeness (QED) is 0.606. The first-order valence-electron chi connectivity index (χ1n) is 10.3. The molecule has 30 heavy (non-hydrogen) atoms. The molecular weight excluding hydrogens is 396 g/mol. The summed E-state index contributed by atoms with van der Waals surface area (Å²) >= 11 is 1.20.